The van der Waals surface area contributed by atoms with Crippen molar-refractivity contribution >= 4 is 0 Å². The van der Waals surface area contributed by atoms with Gasteiger partial charge in [0.15, 0.2) is 0 Å². The van der Waals surface area contributed by atoms with Crippen LogP contribution in [0.15, 0.2) is 0 Å². The van der Waals surface area contributed by atoms with Gasteiger partial charge in [-0.3, -0.25) is 0 Å². The van der Waals surface area contributed by atoms with Crippen LogP contribution >= 0.6 is 0 Å². The molecule has 1 aliphatic carbocycles. The Kier molecular flexibility index (Phi) is 6.20. The molecule has 0 aromatic carbocycles. The van der Waals surface area contributed by atoms with E-state index in [0.29, 0.717) is 6.10 Å². The van der Waals surface area contributed by atoms with Crippen LogP contribution in [-0.2, 0) is 4.74 Å². The highest BCUT2D eigenvalue weighted by Gasteiger charge is 2.21. The fourth-order valence-corrected chi connectivity index (χ4v) is 2.29. The molecule has 0 aromatic rings. The summed E-state index contributed by atoms with van der Waals surface area (Å²) in [6.45, 7) is 4.00. The Labute approximate surface area is 88.2 Å². The number of hydrogen-bond acceptors (Lipinski definition) is 2. The zero-order valence-corrected chi connectivity index (χ0v) is 9.50. The van der Waals surface area contributed by atoms with Crippen molar-refractivity contribution in [2.75, 3.05) is 13.2 Å². The van der Waals surface area contributed by atoms with Crippen LogP contribution < -0.4 is 5.73 Å². The third kappa shape index (κ3) is 4.43. The highest BCUT2D eigenvalue weighted by molar-refractivity contribution is 4.73. The molecule has 0 spiro atoms. The second-order valence-corrected chi connectivity index (χ2v) is 4.46. The number of rotatable bonds is 6. The van der Waals surface area contributed by atoms with Gasteiger partial charge in [0.25, 0.3) is 0 Å². The van der Waals surface area contributed by atoms with E-state index in [1.165, 1.54) is 44.9 Å². The van der Waals surface area contributed by atoms with E-state index in [-0.39, 0.29) is 0 Å². The van der Waals surface area contributed by atoms with E-state index >= 15 is 0 Å². The molecule has 1 aliphatic rings. The summed E-state index contributed by atoms with van der Waals surface area (Å²) >= 11 is 0. The fourth-order valence-electron chi connectivity index (χ4n) is 2.29. The summed E-state index contributed by atoms with van der Waals surface area (Å²) in [5.41, 5.74) is 5.59. The minimum atomic E-state index is 0.534. The molecule has 0 bridgehead atoms. The first-order valence-corrected chi connectivity index (χ1v) is 6.18. The molecule has 2 heteroatoms. The molecule has 2 nitrogen and oxygen atoms in total. The number of nitrogens with two attached hydrogens (primary N) is 1. The van der Waals surface area contributed by atoms with Crippen LogP contribution in [0, 0.1) is 5.92 Å². The van der Waals surface area contributed by atoms with Crippen LogP contribution in [0.5, 0.6) is 0 Å². The number of unbranched alkanes of at least 4 members (excludes halogenated alkanes) is 1. The molecule has 0 aromatic heterocycles. The van der Waals surface area contributed by atoms with Gasteiger partial charge >= 0.3 is 0 Å². The molecule has 0 amide bonds. The summed E-state index contributed by atoms with van der Waals surface area (Å²) in [4.78, 5) is 0. The average Bonchev–Trinajstić information content (AvgIpc) is 2.19. The van der Waals surface area contributed by atoms with Crippen molar-refractivity contribution in [2.45, 2.75) is 58.0 Å². The van der Waals surface area contributed by atoms with Crippen LogP contribution in [0.2, 0.25) is 0 Å². The van der Waals surface area contributed by atoms with Gasteiger partial charge in [0.2, 0.25) is 0 Å². The largest absolute Gasteiger partial charge is 0.378 e. The smallest absolute Gasteiger partial charge is 0.0577 e. The standard InChI is InChI=1S/C12H25NO/c1-2-3-9-14-12-6-4-5-11(10-12)7-8-13/h11-12H,2-10,13H2,1H3. The van der Waals surface area contributed by atoms with E-state index in [0.717, 1.165) is 19.1 Å². The van der Waals surface area contributed by atoms with Crippen LogP contribution in [0.4, 0.5) is 0 Å². The lowest BCUT2D eigenvalue weighted by Gasteiger charge is -2.28. The summed E-state index contributed by atoms with van der Waals surface area (Å²) < 4.78 is 5.86. The first-order chi connectivity index (χ1) is 6.86. The Bertz CT molecular complexity index is 136. The van der Waals surface area contributed by atoms with Gasteiger partial charge in [-0.25, -0.2) is 0 Å². The van der Waals surface area contributed by atoms with Crippen LogP contribution in [0.3, 0.4) is 0 Å². The first kappa shape index (κ1) is 12.0. The molecular weight excluding hydrogens is 174 g/mol. The predicted octanol–water partition coefficient (Wildman–Crippen LogP) is 2.71. The molecule has 0 aliphatic heterocycles. The SMILES string of the molecule is CCCCOC1CCCC(CCN)C1. The van der Waals surface area contributed by atoms with Gasteiger partial charge in [0.1, 0.15) is 0 Å². The van der Waals surface area contributed by atoms with Crippen molar-refractivity contribution in [3.8, 4) is 0 Å². The summed E-state index contributed by atoms with van der Waals surface area (Å²) in [5.74, 6) is 0.834. The lowest BCUT2D eigenvalue weighted by atomic mass is 9.85. The van der Waals surface area contributed by atoms with Crippen molar-refractivity contribution < 1.29 is 4.74 Å². The second-order valence-electron chi connectivity index (χ2n) is 4.46. The topological polar surface area (TPSA) is 35.2 Å². The highest BCUT2D eigenvalue weighted by atomic mass is 16.5. The summed E-state index contributed by atoms with van der Waals surface area (Å²) in [6, 6.07) is 0. The summed E-state index contributed by atoms with van der Waals surface area (Å²) in [7, 11) is 0. The van der Waals surface area contributed by atoms with Gasteiger partial charge in [0.05, 0.1) is 6.10 Å². The molecule has 2 atom stereocenters. The van der Waals surface area contributed by atoms with Crippen molar-refractivity contribution in [1.29, 1.82) is 0 Å². The van der Waals surface area contributed by atoms with Crippen LogP contribution in [-0.4, -0.2) is 19.3 Å². The predicted molar refractivity (Wildman–Crippen MR) is 60.3 cm³/mol. The Balaban J connectivity index is 2.12. The van der Waals surface area contributed by atoms with E-state index in [9.17, 15) is 0 Å². The second kappa shape index (κ2) is 7.24. The molecule has 84 valence electrons. The van der Waals surface area contributed by atoms with Crippen molar-refractivity contribution in [3.63, 3.8) is 0 Å². The molecule has 14 heavy (non-hydrogen) atoms. The Hall–Kier alpha value is -0.0800. The quantitative estimate of drug-likeness (QED) is 0.668. The summed E-state index contributed by atoms with van der Waals surface area (Å²) in [6.07, 6.45) is 9.38. The monoisotopic (exact) mass is 199 g/mol. The molecule has 1 saturated carbocycles. The van der Waals surface area contributed by atoms with Gasteiger partial charge < -0.3 is 10.5 Å². The molecular formula is C12H25NO. The zero-order valence-electron chi connectivity index (χ0n) is 9.50. The molecule has 1 rings (SSSR count). The Morgan fingerprint density at radius 3 is 2.93 bits per heavy atom. The maximum Gasteiger partial charge on any atom is 0.0577 e. The molecule has 1 fully saturated rings. The zero-order chi connectivity index (χ0) is 10.2. The van der Waals surface area contributed by atoms with E-state index in [1.807, 2.05) is 0 Å². The minimum absolute atomic E-state index is 0.534. The van der Waals surface area contributed by atoms with E-state index in [1.54, 1.807) is 0 Å². The van der Waals surface area contributed by atoms with Gasteiger partial charge in [-0.05, 0) is 38.1 Å². The minimum Gasteiger partial charge on any atom is -0.378 e. The Morgan fingerprint density at radius 2 is 2.21 bits per heavy atom. The average molecular weight is 199 g/mol. The fraction of sp³-hybridized carbons (Fsp3) is 1.00. The molecule has 2 unspecified atom stereocenters. The normalized spacial score (nSPS) is 27.9. The van der Waals surface area contributed by atoms with E-state index < -0.39 is 0 Å². The number of hydrogen-bond donors (Lipinski definition) is 1. The van der Waals surface area contributed by atoms with Gasteiger partial charge in [-0.1, -0.05) is 26.2 Å². The van der Waals surface area contributed by atoms with Crippen molar-refractivity contribution in [1.82, 2.24) is 0 Å². The lowest BCUT2D eigenvalue weighted by molar-refractivity contribution is 0.0109. The van der Waals surface area contributed by atoms with Gasteiger partial charge in [-0.2, -0.15) is 0 Å². The van der Waals surface area contributed by atoms with Crippen molar-refractivity contribution in [2.24, 2.45) is 11.7 Å². The van der Waals surface area contributed by atoms with Crippen molar-refractivity contribution in [3.05, 3.63) is 0 Å². The van der Waals surface area contributed by atoms with Gasteiger partial charge in [0, 0.05) is 6.61 Å². The third-order valence-electron chi connectivity index (χ3n) is 3.16. The maximum atomic E-state index is 5.86. The maximum absolute atomic E-state index is 5.86. The molecule has 2 N–H and O–H groups in total. The molecule has 0 radical (unpaired) electrons. The van der Waals surface area contributed by atoms with Crippen LogP contribution in [0.1, 0.15) is 51.9 Å². The summed E-state index contributed by atoms with van der Waals surface area (Å²) in [5, 5.41) is 0. The highest BCUT2D eigenvalue weighted by Crippen LogP contribution is 2.28. The number of ether oxygens (including phenoxy) is 1. The molecule has 0 saturated heterocycles. The van der Waals surface area contributed by atoms with E-state index in [2.05, 4.69) is 6.92 Å². The van der Waals surface area contributed by atoms with E-state index in [4.69, 9.17) is 10.5 Å². The molecule has 0 heterocycles. The Morgan fingerprint density at radius 1 is 1.36 bits per heavy atom. The lowest BCUT2D eigenvalue weighted by Crippen LogP contribution is -2.24. The van der Waals surface area contributed by atoms with Gasteiger partial charge in [-0.15, -0.1) is 0 Å². The third-order valence-corrected chi connectivity index (χ3v) is 3.16. The van der Waals surface area contributed by atoms with Crippen LogP contribution in [0.25, 0.3) is 0 Å². The first-order valence-electron chi connectivity index (χ1n) is 6.18.